The second kappa shape index (κ2) is 8.26. The average molecular weight is 406 g/mol. The van der Waals surface area contributed by atoms with Gasteiger partial charge in [0.05, 0.1) is 12.2 Å². The van der Waals surface area contributed by atoms with E-state index in [0.717, 1.165) is 11.3 Å². The van der Waals surface area contributed by atoms with Crippen molar-refractivity contribution >= 4 is 35.1 Å². The standard InChI is InChI=1S/C18H19FN4O4S/c19-11-4-1-3-10(7-11)14-8-13(22-17(20)25)15(28-14)16(24)27-12-5-2-6-23(9-12)18(21)26/h1,3-4,7-8,12H,2,5-6,9H2,(H2,21,26)(H3,20,22,25). The Labute approximate surface area is 164 Å². The van der Waals surface area contributed by atoms with Crippen molar-refractivity contribution in [1.29, 1.82) is 0 Å². The van der Waals surface area contributed by atoms with Crippen LogP contribution in [0, 0.1) is 5.82 Å². The number of benzene rings is 1. The van der Waals surface area contributed by atoms with E-state index in [2.05, 4.69) is 5.32 Å². The highest BCUT2D eigenvalue weighted by atomic mass is 32.1. The number of rotatable bonds is 4. The normalized spacial score (nSPS) is 16.5. The number of urea groups is 2. The maximum absolute atomic E-state index is 13.5. The number of anilines is 1. The molecule has 0 aliphatic carbocycles. The van der Waals surface area contributed by atoms with Gasteiger partial charge in [-0.25, -0.2) is 18.8 Å². The summed E-state index contributed by atoms with van der Waals surface area (Å²) in [6.07, 6.45) is 0.748. The fourth-order valence-corrected chi connectivity index (χ4v) is 3.98. The zero-order valence-electron chi connectivity index (χ0n) is 14.8. The van der Waals surface area contributed by atoms with E-state index >= 15 is 0 Å². The van der Waals surface area contributed by atoms with E-state index < -0.39 is 30.0 Å². The van der Waals surface area contributed by atoms with Crippen molar-refractivity contribution < 1.29 is 23.5 Å². The minimum absolute atomic E-state index is 0.134. The van der Waals surface area contributed by atoms with Gasteiger partial charge in [-0.1, -0.05) is 12.1 Å². The molecule has 1 saturated heterocycles. The van der Waals surface area contributed by atoms with E-state index in [4.69, 9.17) is 16.2 Å². The summed E-state index contributed by atoms with van der Waals surface area (Å²) < 4.78 is 19.0. The molecule has 2 aromatic rings. The monoisotopic (exact) mass is 406 g/mol. The summed E-state index contributed by atoms with van der Waals surface area (Å²) in [6, 6.07) is 5.99. The van der Waals surface area contributed by atoms with Gasteiger partial charge in [0, 0.05) is 11.4 Å². The average Bonchev–Trinajstić information content (AvgIpc) is 3.05. The van der Waals surface area contributed by atoms with E-state index in [1.165, 1.54) is 23.1 Å². The second-order valence-corrected chi connectivity index (χ2v) is 7.36. The third kappa shape index (κ3) is 4.58. The van der Waals surface area contributed by atoms with Gasteiger partial charge in [-0.05, 0) is 36.6 Å². The van der Waals surface area contributed by atoms with Crippen molar-refractivity contribution in [3.05, 3.63) is 41.0 Å². The van der Waals surface area contributed by atoms with Crippen LogP contribution in [0.1, 0.15) is 22.5 Å². The molecule has 3 rings (SSSR count). The Kier molecular flexibility index (Phi) is 5.78. The molecule has 4 amide bonds. The highest BCUT2D eigenvalue weighted by molar-refractivity contribution is 7.18. The summed E-state index contributed by atoms with van der Waals surface area (Å²) in [5, 5.41) is 2.39. The van der Waals surface area contributed by atoms with Gasteiger partial charge in [0.1, 0.15) is 16.8 Å². The predicted molar refractivity (Wildman–Crippen MR) is 103 cm³/mol. The van der Waals surface area contributed by atoms with Crippen LogP contribution >= 0.6 is 11.3 Å². The molecule has 0 radical (unpaired) electrons. The minimum Gasteiger partial charge on any atom is -0.456 e. The van der Waals surface area contributed by atoms with E-state index in [1.54, 1.807) is 12.1 Å². The molecule has 1 atom stereocenters. The van der Waals surface area contributed by atoms with Crippen LogP contribution in [0.3, 0.4) is 0 Å². The molecule has 1 unspecified atom stereocenters. The van der Waals surface area contributed by atoms with E-state index in [1.807, 2.05) is 0 Å². The highest BCUT2D eigenvalue weighted by Gasteiger charge is 2.27. The zero-order valence-corrected chi connectivity index (χ0v) is 15.6. The van der Waals surface area contributed by atoms with Gasteiger partial charge < -0.3 is 26.4 Å². The lowest BCUT2D eigenvalue weighted by Crippen LogP contribution is -2.46. The van der Waals surface area contributed by atoms with Gasteiger partial charge in [0.15, 0.2) is 0 Å². The quantitative estimate of drug-likeness (QED) is 0.675. The summed E-state index contributed by atoms with van der Waals surface area (Å²) in [5.74, 6) is -1.08. The number of carbonyl (C=O) groups is 3. The Morgan fingerprint density at radius 1 is 1.25 bits per heavy atom. The number of hydrogen-bond acceptors (Lipinski definition) is 5. The summed E-state index contributed by atoms with van der Waals surface area (Å²) >= 11 is 1.05. The Bertz CT molecular complexity index is 917. The molecule has 1 fully saturated rings. The number of amides is 4. The molecule has 0 saturated carbocycles. The molecule has 148 valence electrons. The molecule has 10 heteroatoms. The number of ether oxygens (including phenoxy) is 1. The number of halogens is 1. The number of piperidine rings is 1. The maximum atomic E-state index is 13.5. The lowest BCUT2D eigenvalue weighted by atomic mass is 10.1. The van der Waals surface area contributed by atoms with Crippen molar-refractivity contribution in [1.82, 2.24) is 4.90 Å². The Hall–Kier alpha value is -3.14. The van der Waals surface area contributed by atoms with Crippen LogP contribution in [-0.4, -0.2) is 42.1 Å². The van der Waals surface area contributed by atoms with Crippen molar-refractivity contribution in [2.24, 2.45) is 11.5 Å². The lowest BCUT2D eigenvalue weighted by molar-refractivity contribution is 0.0134. The molecule has 1 aromatic heterocycles. The Balaban J connectivity index is 1.83. The van der Waals surface area contributed by atoms with Gasteiger partial charge in [-0.2, -0.15) is 0 Å². The molecule has 0 spiro atoms. The van der Waals surface area contributed by atoms with Gasteiger partial charge in [0.2, 0.25) is 0 Å². The first-order valence-corrected chi connectivity index (χ1v) is 9.36. The summed E-state index contributed by atoms with van der Waals surface area (Å²) in [6.45, 7) is 0.725. The topological polar surface area (TPSA) is 128 Å². The Morgan fingerprint density at radius 3 is 2.71 bits per heavy atom. The predicted octanol–water partition coefficient (Wildman–Crippen LogP) is 2.74. The minimum atomic E-state index is -0.838. The highest BCUT2D eigenvalue weighted by Crippen LogP contribution is 2.36. The molecule has 2 heterocycles. The smallest absolute Gasteiger partial charge is 0.350 e. The van der Waals surface area contributed by atoms with Crippen LogP contribution in [-0.2, 0) is 4.74 Å². The fraction of sp³-hybridized carbons (Fsp3) is 0.278. The van der Waals surface area contributed by atoms with Crippen LogP contribution in [0.15, 0.2) is 30.3 Å². The van der Waals surface area contributed by atoms with E-state index in [9.17, 15) is 18.8 Å². The fourth-order valence-electron chi connectivity index (χ4n) is 2.99. The number of likely N-dealkylation sites (tertiary alicyclic amines) is 1. The molecule has 1 aliphatic heterocycles. The molecule has 0 bridgehead atoms. The SMILES string of the molecule is NC(=O)Nc1cc(-c2cccc(F)c2)sc1C(=O)OC1CCCN(C(N)=O)C1. The summed E-state index contributed by atoms with van der Waals surface area (Å²) in [4.78, 5) is 37.4. The molecular weight excluding hydrogens is 387 g/mol. The zero-order chi connectivity index (χ0) is 20.3. The first-order valence-electron chi connectivity index (χ1n) is 8.55. The van der Waals surface area contributed by atoms with Crippen LogP contribution in [0.2, 0.25) is 0 Å². The number of primary amides is 2. The van der Waals surface area contributed by atoms with Crippen LogP contribution in [0.5, 0.6) is 0 Å². The summed E-state index contributed by atoms with van der Waals surface area (Å²) in [5.41, 5.74) is 11.2. The van der Waals surface area contributed by atoms with Crippen molar-refractivity contribution in [3.63, 3.8) is 0 Å². The second-order valence-electron chi connectivity index (χ2n) is 6.31. The van der Waals surface area contributed by atoms with Gasteiger partial charge in [-0.15, -0.1) is 11.3 Å². The van der Waals surface area contributed by atoms with E-state index in [-0.39, 0.29) is 17.1 Å². The molecule has 1 aliphatic rings. The third-order valence-corrected chi connectivity index (χ3v) is 5.41. The van der Waals surface area contributed by atoms with Crippen LogP contribution in [0.25, 0.3) is 10.4 Å². The molecule has 5 N–H and O–H groups in total. The first-order chi connectivity index (χ1) is 13.3. The number of nitrogens with two attached hydrogens (primary N) is 2. The largest absolute Gasteiger partial charge is 0.456 e. The van der Waals surface area contributed by atoms with E-state index in [0.29, 0.717) is 29.8 Å². The maximum Gasteiger partial charge on any atom is 0.350 e. The first kappa shape index (κ1) is 19.6. The van der Waals surface area contributed by atoms with Gasteiger partial charge in [0.25, 0.3) is 0 Å². The van der Waals surface area contributed by atoms with Crippen molar-refractivity contribution in [3.8, 4) is 10.4 Å². The summed E-state index contributed by atoms with van der Waals surface area (Å²) in [7, 11) is 0. The number of thiophene rings is 1. The van der Waals surface area contributed by atoms with Crippen molar-refractivity contribution in [2.45, 2.75) is 18.9 Å². The Morgan fingerprint density at radius 2 is 2.04 bits per heavy atom. The van der Waals surface area contributed by atoms with Gasteiger partial charge >= 0.3 is 18.0 Å². The number of carbonyl (C=O) groups excluding carboxylic acids is 3. The lowest BCUT2D eigenvalue weighted by Gasteiger charge is -2.31. The number of nitrogens with one attached hydrogen (secondary N) is 1. The third-order valence-electron chi connectivity index (χ3n) is 4.25. The van der Waals surface area contributed by atoms with Gasteiger partial charge in [-0.3, -0.25) is 0 Å². The number of nitrogens with zero attached hydrogens (tertiary/aromatic N) is 1. The van der Waals surface area contributed by atoms with Crippen molar-refractivity contribution in [2.75, 3.05) is 18.4 Å². The van der Waals surface area contributed by atoms with Crippen LogP contribution in [0.4, 0.5) is 19.7 Å². The van der Waals surface area contributed by atoms with Crippen LogP contribution < -0.4 is 16.8 Å². The number of esters is 1. The molecular formula is C18H19FN4O4S. The number of hydrogen-bond donors (Lipinski definition) is 3. The molecule has 1 aromatic carbocycles. The molecule has 8 nitrogen and oxygen atoms in total. The molecule has 28 heavy (non-hydrogen) atoms.